The third-order valence-electron chi connectivity index (χ3n) is 2.50. The number of hydrogen-bond donors (Lipinski definition) is 1. The molecule has 8 heteroatoms. The molecule has 0 aliphatic heterocycles. The molecule has 0 atom stereocenters. The van der Waals surface area contributed by atoms with Crippen molar-refractivity contribution in [3.05, 3.63) is 47.2 Å². The molecular formula is C13H7ClF3NO3. The molecule has 0 spiro atoms. The predicted octanol–water partition coefficient (Wildman–Crippen LogP) is 4.00. The molecule has 21 heavy (non-hydrogen) atoms. The van der Waals surface area contributed by atoms with E-state index < -0.39 is 18.1 Å². The average molecular weight is 318 g/mol. The van der Waals surface area contributed by atoms with E-state index in [4.69, 9.17) is 16.7 Å². The van der Waals surface area contributed by atoms with Gasteiger partial charge < -0.3 is 9.84 Å². The highest BCUT2D eigenvalue weighted by molar-refractivity contribution is 6.29. The Kier molecular flexibility index (Phi) is 4.04. The fourth-order valence-electron chi connectivity index (χ4n) is 1.67. The first-order valence-corrected chi connectivity index (χ1v) is 5.89. The molecule has 0 aliphatic carbocycles. The van der Waals surface area contributed by atoms with Gasteiger partial charge >= 0.3 is 12.3 Å². The monoisotopic (exact) mass is 317 g/mol. The molecular weight excluding hydrogens is 311 g/mol. The third kappa shape index (κ3) is 3.85. The molecule has 0 unspecified atom stereocenters. The van der Waals surface area contributed by atoms with Gasteiger partial charge in [0.05, 0.1) is 5.56 Å². The lowest BCUT2D eigenvalue weighted by atomic mass is 10.0. The number of pyridine rings is 1. The molecule has 0 radical (unpaired) electrons. The summed E-state index contributed by atoms with van der Waals surface area (Å²) in [4.78, 5) is 14.9. The van der Waals surface area contributed by atoms with Crippen LogP contribution >= 0.6 is 11.6 Å². The Hall–Kier alpha value is -2.28. The van der Waals surface area contributed by atoms with Gasteiger partial charge in [-0.05, 0) is 23.8 Å². The van der Waals surface area contributed by atoms with Gasteiger partial charge in [-0.15, -0.1) is 13.2 Å². The number of nitrogens with zero attached hydrogens (tertiary/aromatic N) is 1. The van der Waals surface area contributed by atoms with E-state index in [1.807, 2.05) is 0 Å². The summed E-state index contributed by atoms with van der Waals surface area (Å²) in [5, 5.41) is 9.11. The van der Waals surface area contributed by atoms with Crippen LogP contribution in [0.1, 0.15) is 10.4 Å². The lowest BCUT2D eigenvalue weighted by Crippen LogP contribution is -2.16. The number of aromatic nitrogens is 1. The van der Waals surface area contributed by atoms with Crippen LogP contribution in [0.15, 0.2) is 36.5 Å². The highest BCUT2D eigenvalue weighted by atomic mass is 35.5. The van der Waals surface area contributed by atoms with Crippen LogP contribution in [-0.4, -0.2) is 22.4 Å². The van der Waals surface area contributed by atoms with Crippen molar-refractivity contribution in [1.29, 1.82) is 0 Å². The van der Waals surface area contributed by atoms with Gasteiger partial charge in [0.2, 0.25) is 0 Å². The van der Waals surface area contributed by atoms with Crippen LogP contribution in [0.3, 0.4) is 0 Å². The van der Waals surface area contributed by atoms with Crippen LogP contribution < -0.4 is 4.74 Å². The summed E-state index contributed by atoms with van der Waals surface area (Å²) in [6.45, 7) is 0. The molecule has 1 N–H and O–H groups in total. The van der Waals surface area contributed by atoms with E-state index in [1.54, 1.807) is 0 Å². The summed E-state index contributed by atoms with van der Waals surface area (Å²) in [5.74, 6) is -1.62. The average Bonchev–Trinajstić information content (AvgIpc) is 2.38. The highest BCUT2D eigenvalue weighted by Crippen LogP contribution is 2.29. The van der Waals surface area contributed by atoms with E-state index >= 15 is 0 Å². The van der Waals surface area contributed by atoms with E-state index in [0.29, 0.717) is 5.56 Å². The van der Waals surface area contributed by atoms with Gasteiger partial charge in [-0.3, -0.25) is 0 Å². The highest BCUT2D eigenvalue weighted by Gasteiger charge is 2.31. The second-order valence-electron chi connectivity index (χ2n) is 3.93. The van der Waals surface area contributed by atoms with Crippen molar-refractivity contribution in [3.63, 3.8) is 0 Å². The van der Waals surface area contributed by atoms with Gasteiger partial charge in [-0.25, -0.2) is 9.78 Å². The molecule has 1 aromatic carbocycles. The molecule has 0 aliphatic rings. The Morgan fingerprint density at radius 2 is 1.86 bits per heavy atom. The first kappa shape index (κ1) is 15.1. The van der Waals surface area contributed by atoms with Crippen molar-refractivity contribution in [2.75, 3.05) is 0 Å². The summed E-state index contributed by atoms with van der Waals surface area (Å²) in [7, 11) is 0. The zero-order chi connectivity index (χ0) is 15.6. The van der Waals surface area contributed by atoms with Crippen molar-refractivity contribution in [3.8, 4) is 16.9 Å². The molecule has 0 amide bonds. The fraction of sp³-hybridized carbons (Fsp3) is 0.0769. The molecule has 2 aromatic rings. The SMILES string of the molecule is O=C(O)c1cc(Cl)ncc1-c1ccc(OC(F)(F)F)cc1. The summed E-state index contributed by atoms with van der Waals surface area (Å²) >= 11 is 5.63. The molecule has 4 nitrogen and oxygen atoms in total. The largest absolute Gasteiger partial charge is 0.573 e. The topological polar surface area (TPSA) is 59.4 Å². The minimum Gasteiger partial charge on any atom is -0.478 e. The van der Waals surface area contributed by atoms with Crippen LogP contribution in [0.2, 0.25) is 5.15 Å². The molecule has 2 rings (SSSR count). The Morgan fingerprint density at radius 3 is 2.38 bits per heavy atom. The van der Waals surface area contributed by atoms with Crippen molar-refractivity contribution in [2.24, 2.45) is 0 Å². The molecule has 0 saturated carbocycles. The summed E-state index contributed by atoms with van der Waals surface area (Å²) in [6, 6.07) is 5.95. The smallest absolute Gasteiger partial charge is 0.478 e. The molecule has 0 bridgehead atoms. The van der Waals surface area contributed by atoms with Crippen LogP contribution in [0.4, 0.5) is 13.2 Å². The van der Waals surface area contributed by atoms with E-state index in [9.17, 15) is 18.0 Å². The molecule has 1 aromatic heterocycles. The first-order chi connectivity index (χ1) is 9.76. The van der Waals surface area contributed by atoms with Gasteiger partial charge in [0.1, 0.15) is 10.9 Å². The van der Waals surface area contributed by atoms with Crippen molar-refractivity contribution in [2.45, 2.75) is 6.36 Å². The number of halogens is 4. The maximum absolute atomic E-state index is 12.1. The van der Waals surface area contributed by atoms with Crippen LogP contribution in [0, 0.1) is 0 Å². The Bertz CT molecular complexity index is 671. The minimum atomic E-state index is -4.78. The number of ether oxygens (including phenoxy) is 1. The summed E-state index contributed by atoms with van der Waals surface area (Å²) in [6.07, 6.45) is -3.54. The summed E-state index contributed by atoms with van der Waals surface area (Å²) in [5.41, 5.74) is 0.524. The van der Waals surface area contributed by atoms with E-state index in [-0.39, 0.29) is 16.3 Å². The number of hydrogen-bond acceptors (Lipinski definition) is 3. The van der Waals surface area contributed by atoms with E-state index in [0.717, 1.165) is 12.1 Å². The molecule has 0 saturated heterocycles. The van der Waals surface area contributed by atoms with Crippen LogP contribution in [0.5, 0.6) is 5.75 Å². The number of aromatic carboxylic acids is 1. The fourth-order valence-corrected chi connectivity index (χ4v) is 1.83. The Morgan fingerprint density at radius 1 is 1.24 bits per heavy atom. The second-order valence-corrected chi connectivity index (χ2v) is 4.32. The van der Waals surface area contributed by atoms with Gasteiger partial charge in [-0.1, -0.05) is 23.7 Å². The maximum atomic E-state index is 12.1. The van der Waals surface area contributed by atoms with Crippen molar-refractivity contribution < 1.29 is 27.8 Å². The van der Waals surface area contributed by atoms with Gasteiger partial charge in [0.25, 0.3) is 0 Å². The number of alkyl halides is 3. The lowest BCUT2D eigenvalue weighted by Gasteiger charge is -2.10. The molecule has 1 heterocycles. The Balaban J connectivity index is 2.37. The van der Waals surface area contributed by atoms with Crippen LogP contribution in [-0.2, 0) is 0 Å². The Labute approximate surface area is 121 Å². The van der Waals surface area contributed by atoms with E-state index in [2.05, 4.69) is 9.72 Å². The van der Waals surface area contributed by atoms with Gasteiger partial charge in [0.15, 0.2) is 0 Å². The third-order valence-corrected chi connectivity index (χ3v) is 2.71. The number of carboxylic acids is 1. The number of carboxylic acid groups (broad SMARTS) is 1. The molecule has 110 valence electrons. The second kappa shape index (κ2) is 5.61. The van der Waals surface area contributed by atoms with Crippen molar-refractivity contribution in [1.82, 2.24) is 4.98 Å². The van der Waals surface area contributed by atoms with Gasteiger partial charge in [-0.2, -0.15) is 0 Å². The van der Waals surface area contributed by atoms with Gasteiger partial charge in [0, 0.05) is 11.8 Å². The number of rotatable bonds is 3. The van der Waals surface area contributed by atoms with Crippen molar-refractivity contribution >= 4 is 17.6 Å². The molecule has 0 fully saturated rings. The lowest BCUT2D eigenvalue weighted by molar-refractivity contribution is -0.274. The standard InChI is InChI=1S/C13H7ClF3NO3/c14-11-5-9(12(19)20)10(6-18-11)7-1-3-8(4-2-7)21-13(15,16)17/h1-6H,(H,19,20). The summed E-state index contributed by atoms with van der Waals surface area (Å²) < 4.78 is 39.9. The first-order valence-electron chi connectivity index (χ1n) is 5.51. The maximum Gasteiger partial charge on any atom is 0.573 e. The zero-order valence-electron chi connectivity index (χ0n) is 10.2. The van der Waals surface area contributed by atoms with E-state index in [1.165, 1.54) is 24.4 Å². The number of carbonyl (C=O) groups is 1. The quantitative estimate of drug-likeness (QED) is 0.869. The van der Waals surface area contributed by atoms with Crippen LogP contribution in [0.25, 0.3) is 11.1 Å². The predicted molar refractivity (Wildman–Crippen MR) is 68.3 cm³/mol. The normalized spacial score (nSPS) is 11.2. The zero-order valence-corrected chi connectivity index (χ0v) is 10.9. The minimum absolute atomic E-state index is 0.00757. The number of benzene rings is 1.